The predicted molar refractivity (Wildman–Crippen MR) is 63.2 cm³/mol. The minimum Gasteiger partial charge on any atom is -0.359 e. The van der Waals surface area contributed by atoms with Crippen LogP contribution in [0.5, 0.6) is 0 Å². The first kappa shape index (κ1) is 11.4. The van der Waals surface area contributed by atoms with Gasteiger partial charge in [0.05, 0.1) is 11.6 Å². The van der Waals surface area contributed by atoms with Gasteiger partial charge >= 0.3 is 0 Å². The average Bonchev–Trinajstić information content (AvgIpc) is 3.13. The van der Waals surface area contributed by atoms with E-state index in [0.29, 0.717) is 17.4 Å². The fourth-order valence-corrected chi connectivity index (χ4v) is 1.42. The molecular formula is C12H14N4O. The molecule has 0 aromatic carbocycles. The Morgan fingerprint density at radius 1 is 1.65 bits per heavy atom. The van der Waals surface area contributed by atoms with Crippen molar-refractivity contribution in [3.63, 3.8) is 0 Å². The van der Waals surface area contributed by atoms with Gasteiger partial charge in [-0.2, -0.15) is 5.26 Å². The predicted octanol–water partition coefficient (Wildman–Crippen LogP) is 1.03. The second-order valence-electron chi connectivity index (χ2n) is 4.19. The van der Waals surface area contributed by atoms with Gasteiger partial charge in [0, 0.05) is 12.2 Å². The summed E-state index contributed by atoms with van der Waals surface area (Å²) in [6.45, 7) is 1.78. The van der Waals surface area contributed by atoms with Gasteiger partial charge in [0.15, 0.2) is 0 Å². The molecular weight excluding hydrogens is 216 g/mol. The van der Waals surface area contributed by atoms with Crippen LogP contribution < -0.4 is 10.6 Å². The molecule has 2 N–H and O–H groups in total. The number of nitrogens with zero attached hydrogens (tertiary/aromatic N) is 2. The van der Waals surface area contributed by atoms with E-state index >= 15 is 0 Å². The minimum absolute atomic E-state index is 0.0309. The number of rotatable bonds is 4. The number of nitrogens with one attached hydrogen (secondary N) is 2. The van der Waals surface area contributed by atoms with E-state index in [1.807, 2.05) is 6.07 Å². The Labute approximate surface area is 99.9 Å². The Morgan fingerprint density at radius 2 is 2.41 bits per heavy atom. The molecule has 1 aromatic rings. The Hall–Kier alpha value is -2.09. The smallest absolute Gasteiger partial charge is 0.242 e. The number of aromatic nitrogens is 1. The molecule has 5 heteroatoms. The zero-order valence-electron chi connectivity index (χ0n) is 9.60. The largest absolute Gasteiger partial charge is 0.359 e. The summed E-state index contributed by atoms with van der Waals surface area (Å²) in [7, 11) is 0. The standard InChI is InChI=1S/C12H14N4O/c1-8(12(17)16-10-2-3-10)15-11-6-9(7-13)4-5-14-11/h4-6,8,10H,2-3H2,1H3,(H,14,15)(H,16,17). The van der Waals surface area contributed by atoms with Crippen molar-refractivity contribution >= 4 is 11.7 Å². The average molecular weight is 230 g/mol. The number of carbonyl (C=O) groups is 1. The molecule has 5 nitrogen and oxygen atoms in total. The van der Waals surface area contributed by atoms with E-state index in [0.717, 1.165) is 12.8 Å². The number of anilines is 1. The molecule has 0 radical (unpaired) electrons. The van der Waals surface area contributed by atoms with Crippen LogP contribution >= 0.6 is 0 Å². The molecule has 1 atom stereocenters. The summed E-state index contributed by atoms with van der Waals surface area (Å²) in [5.41, 5.74) is 0.525. The van der Waals surface area contributed by atoms with Crippen molar-refractivity contribution in [1.82, 2.24) is 10.3 Å². The monoisotopic (exact) mass is 230 g/mol. The first-order valence-corrected chi connectivity index (χ1v) is 5.62. The van der Waals surface area contributed by atoms with Crippen LogP contribution in [0.4, 0.5) is 5.82 Å². The normalized spacial score (nSPS) is 15.8. The van der Waals surface area contributed by atoms with Crippen LogP contribution in [0.2, 0.25) is 0 Å². The number of carbonyl (C=O) groups excluding carboxylic acids is 1. The highest BCUT2D eigenvalue weighted by Gasteiger charge is 2.25. The highest BCUT2D eigenvalue weighted by Crippen LogP contribution is 2.18. The van der Waals surface area contributed by atoms with E-state index in [1.165, 1.54) is 0 Å². The Morgan fingerprint density at radius 3 is 3.06 bits per heavy atom. The van der Waals surface area contributed by atoms with E-state index in [1.54, 1.807) is 25.3 Å². The van der Waals surface area contributed by atoms with Crippen LogP contribution in [0.25, 0.3) is 0 Å². The molecule has 88 valence electrons. The first-order chi connectivity index (χ1) is 8.19. The number of nitriles is 1. The third-order valence-electron chi connectivity index (χ3n) is 2.57. The van der Waals surface area contributed by atoms with E-state index < -0.39 is 0 Å². The summed E-state index contributed by atoms with van der Waals surface area (Å²) in [6.07, 6.45) is 3.69. The van der Waals surface area contributed by atoms with Gasteiger partial charge in [-0.15, -0.1) is 0 Å². The maximum atomic E-state index is 11.7. The van der Waals surface area contributed by atoms with Crippen LogP contribution in [0.15, 0.2) is 18.3 Å². The molecule has 1 unspecified atom stereocenters. The second kappa shape index (κ2) is 4.83. The lowest BCUT2D eigenvalue weighted by atomic mass is 10.2. The molecule has 0 aliphatic heterocycles. The topological polar surface area (TPSA) is 77.8 Å². The lowest BCUT2D eigenvalue weighted by Gasteiger charge is -2.14. The number of hydrogen-bond donors (Lipinski definition) is 2. The molecule has 1 amide bonds. The zero-order chi connectivity index (χ0) is 12.3. The summed E-state index contributed by atoms with van der Waals surface area (Å²) < 4.78 is 0. The number of amides is 1. The lowest BCUT2D eigenvalue weighted by molar-refractivity contribution is -0.121. The number of pyridine rings is 1. The van der Waals surface area contributed by atoms with Crippen molar-refractivity contribution in [3.05, 3.63) is 23.9 Å². The fourth-order valence-electron chi connectivity index (χ4n) is 1.42. The maximum Gasteiger partial charge on any atom is 0.242 e. The van der Waals surface area contributed by atoms with Gasteiger partial charge in [-0.25, -0.2) is 4.98 Å². The van der Waals surface area contributed by atoms with Gasteiger partial charge in [0.1, 0.15) is 11.9 Å². The van der Waals surface area contributed by atoms with Crippen molar-refractivity contribution in [2.24, 2.45) is 0 Å². The first-order valence-electron chi connectivity index (χ1n) is 5.62. The van der Waals surface area contributed by atoms with Crippen LogP contribution in [-0.2, 0) is 4.79 Å². The molecule has 0 bridgehead atoms. The summed E-state index contributed by atoms with van der Waals surface area (Å²) in [4.78, 5) is 15.7. The third kappa shape index (κ3) is 3.18. The van der Waals surface area contributed by atoms with Crippen LogP contribution in [0.3, 0.4) is 0 Å². The molecule has 1 aliphatic rings. The molecule has 1 saturated carbocycles. The summed E-state index contributed by atoms with van der Waals surface area (Å²) in [5, 5.41) is 14.6. The highest BCUT2D eigenvalue weighted by molar-refractivity contribution is 5.84. The summed E-state index contributed by atoms with van der Waals surface area (Å²) in [5.74, 6) is 0.513. The third-order valence-corrected chi connectivity index (χ3v) is 2.57. The van der Waals surface area contributed by atoms with Gasteiger partial charge in [-0.05, 0) is 31.9 Å². The van der Waals surface area contributed by atoms with Crippen molar-refractivity contribution in [2.75, 3.05) is 5.32 Å². The number of hydrogen-bond acceptors (Lipinski definition) is 4. The Balaban J connectivity index is 1.94. The summed E-state index contributed by atoms with van der Waals surface area (Å²) in [6, 6.07) is 5.28. The molecule has 2 rings (SSSR count). The van der Waals surface area contributed by atoms with E-state index in [2.05, 4.69) is 15.6 Å². The van der Waals surface area contributed by atoms with Crippen LogP contribution in [0.1, 0.15) is 25.3 Å². The van der Waals surface area contributed by atoms with E-state index in [4.69, 9.17) is 5.26 Å². The second-order valence-corrected chi connectivity index (χ2v) is 4.19. The summed E-state index contributed by atoms with van der Waals surface area (Å²) >= 11 is 0. The van der Waals surface area contributed by atoms with E-state index in [-0.39, 0.29) is 11.9 Å². The molecule has 17 heavy (non-hydrogen) atoms. The molecule has 0 saturated heterocycles. The Kier molecular flexibility index (Phi) is 3.24. The molecule has 1 heterocycles. The highest BCUT2D eigenvalue weighted by atomic mass is 16.2. The van der Waals surface area contributed by atoms with Gasteiger partial charge in [-0.3, -0.25) is 4.79 Å². The van der Waals surface area contributed by atoms with Gasteiger partial charge in [-0.1, -0.05) is 0 Å². The van der Waals surface area contributed by atoms with Crippen LogP contribution in [-0.4, -0.2) is 23.0 Å². The van der Waals surface area contributed by atoms with Gasteiger partial charge in [0.25, 0.3) is 0 Å². The maximum absolute atomic E-state index is 11.7. The zero-order valence-corrected chi connectivity index (χ0v) is 9.60. The van der Waals surface area contributed by atoms with Crippen LogP contribution in [0, 0.1) is 11.3 Å². The molecule has 1 fully saturated rings. The van der Waals surface area contributed by atoms with Crippen molar-refractivity contribution < 1.29 is 4.79 Å². The molecule has 0 spiro atoms. The Bertz CT molecular complexity index is 462. The van der Waals surface area contributed by atoms with Gasteiger partial charge < -0.3 is 10.6 Å². The molecule has 1 aliphatic carbocycles. The lowest BCUT2D eigenvalue weighted by Crippen LogP contribution is -2.38. The van der Waals surface area contributed by atoms with Gasteiger partial charge in [0.2, 0.25) is 5.91 Å². The van der Waals surface area contributed by atoms with Crippen molar-refractivity contribution in [3.8, 4) is 6.07 Å². The van der Waals surface area contributed by atoms with Crippen molar-refractivity contribution in [2.45, 2.75) is 31.8 Å². The quantitative estimate of drug-likeness (QED) is 0.810. The van der Waals surface area contributed by atoms with Crippen molar-refractivity contribution in [1.29, 1.82) is 5.26 Å². The molecule has 1 aromatic heterocycles. The van der Waals surface area contributed by atoms with E-state index in [9.17, 15) is 4.79 Å². The SMILES string of the molecule is CC(Nc1cc(C#N)ccn1)C(=O)NC1CC1. The minimum atomic E-state index is -0.350. The fraction of sp³-hybridized carbons (Fsp3) is 0.417.